The molecule has 9 atom stereocenters. The second-order valence-electron chi connectivity index (χ2n) is 12.2. The van der Waals surface area contributed by atoms with E-state index in [1.54, 1.807) is 34.6 Å². The molecule has 4 aliphatic rings. The van der Waals surface area contributed by atoms with Crippen molar-refractivity contribution in [2.45, 2.75) is 89.7 Å². The monoisotopic (exact) mass is 560 g/mol. The van der Waals surface area contributed by atoms with Crippen LogP contribution in [0.1, 0.15) is 64.7 Å². The Morgan fingerprint density at radius 3 is 2.42 bits per heavy atom. The van der Waals surface area contributed by atoms with Gasteiger partial charge in [0.1, 0.15) is 17.5 Å². The van der Waals surface area contributed by atoms with E-state index in [1.807, 2.05) is 0 Å². The van der Waals surface area contributed by atoms with Crippen LogP contribution in [0.2, 0.25) is 0 Å². The second kappa shape index (κ2) is 8.99. The van der Waals surface area contributed by atoms with Crippen molar-refractivity contribution in [2.75, 3.05) is 7.11 Å². The summed E-state index contributed by atoms with van der Waals surface area (Å²) in [5, 5.41) is 12.8. The molecule has 4 unspecified atom stereocenters. The largest absolute Gasteiger partial charge is 0.472 e. The van der Waals surface area contributed by atoms with Gasteiger partial charge in [-0.1, -0.05) is 13.0 Å². The van der Waals surface area contributed by atoms with Crippen LogP contribution >= 0.6 is 0 Å². The maximum absolute atomic E-state index is 14.1. The Morgan fingerprint density at radius 2 is 1.85 bits per heavy atom. The van der Waals surface area contributed by atoms with Gasteiger partial charge in [-0.15, -0.1) is 0 Å². The number of cyclic esters (lactones) is 1. The third-order valence-electron chi connectivity index (χ3n) is 9.89. The summed E-state index contributed by atoms with van der Waals surface area (Å²) in [5.41, 5.74) is -5.36. The van der Waals surface area contributed by atoms with Gasteiger partial charge in [0.2, 0.25) is 5.79 Å². The fraction of sp³-hybridized carbons (Fsp3) is 0.655. The van der Waals surface area contributed by atoms with Crippen molar-refractivity contribution in [1.29, 1.82) is 0 Å². The average molecular weight is 561 g/mol. The highest BCUT2D eigenvalue weighted by Gasteiger charge is 2.90. The Morgan fingerprint density at radius 1 is 1.15 bits per heavy atom. The summed E-state index contributed by atoms with van der Waals surface area (Å²) < 4.78 is 34.3. The molecule has 1 aromatic heterocycles. The van der Waals surface area contributed by atoms with E-state index >= 15 is 0 Å². The number of esters is 3. The molecule has 218 valence electrons. The van der Waals surface area contributed by atoms with E-state index in [9.17, 15) is 24.3 Å². The van der Waals surface area contributed by atoms with Crippen molar-refractivity contribution in [2.24, 2.45) is 22.7 Å². The first-order valence-electron chi connectivity index (χ1n) is 13.4. The second-order valence-corrected chi connectivity index (χ2v) is 12.2. The van der Waals surface area contributed by atoms with Gasteiger partial charge in [-0.05, 0) is 52.5 Å². The summed E-state index contributed by atoms with van der Waals surface area (Å²) in [5.74, 6) is -5.88. The Kier molecular flexibility index (Phi) is 6.41. The van der Waals surface area contributed by atoms with Gasteiger partial charge in [0.15, 0.2) is 18.0 Å². The van der Waals surface area contributed by atoms with Gasteiger partial charge in [0.25, 0.3) is 0 Å². The Labute approximate surface area is 232 Å². The summed E-state index contributed by atoms with van der Waals surface area (Å²) >= 11 is 0. The molecule has 3 fully saturated rings. The Bertz CT molecular complexity index is 1270. The molecule has 11 nitrogen and oxygen atoms in total. The lowest BCUT2D eigenvalue weighted by Crippen LogP contribution is -2.71. The van der Waals surface area contributed by atoms with Crippen molar-refractivity contribution in [1.82, 2.24) is 0 Å². The van der Waals surface area contributed by atoms with Crippen molar-refractivity contribution < 1.29 is 52.4 Å². The minimum absolute atomic E-state index is 0.290. The van der Waals surface area contributed by atoms with Gasteiger partial charge in [-0.3, -0.25) is 9.59 Å². The van der Waals surface area contributed by atoms with Gasteiger partial charge in [0.05, 0.1) is 41.8 Å². The molecule has 0 radical (unpaired) electrons. The number of methoxy groups -OCH3 is 1. The van der Waals surface area contributed by atoms with E-state index in [1.165, 1.54) is 44.8 Å². The minimum atomic E-state index is -2.29. The third kappa shape index (κ3) is 3.53. The summed E-state index contributed by atoms with van der Waals surface area (Å²) in [6.07, 6.45) is 3.00. The van der Waals surface area contributed by atoms with Crippen LogP contribution in [-0.2, 0) is 38.1 Å². The molecule has 1 saturated carbocycles. The fourth-order valence-electron chi connectivity index (χ4n) is 7.95. The summed E-state index contributed by atoms with van der Waals surface area (Å²) in [6.45, 7) is 9.71. The number of hydrogen-bond acceptors (Lipinski definition) is 11. The van der Waals surface area contributed by atoms with E-state index in [2.05, 4.69) is 0 Å². The number of furan rings is 1. The first kappa shape index (κ1) is 28.5. The third-order valence-corrected chi connectivity index (χ3v) is 9.89. The van der Waals surface area contributed by atoms with Crippen molar-refractivity contribution >= 4 is 23.7 Å². The smallest absolute Gasteiger partial charge is 0.338 e. The highest BCUT2D eigenvalue weighted by atomic mass is 16.7. The molecule has 4 heterocycles. The van der Waals surface area contributed by atoms with Crippen molar-refractivity contribution in [3.05, 3.63) is 36.3 Å². The lowest BCUT2D eigenvalue weighted by atomic mass is 9.45. The molecule has 0 bridgehead atoms. The number of carbonyl (C=O) groups is 4. The van der Waals surface area contributed by atoms with Gasteiger partial charge in [-0.25, -0.2) is 9.59 Å². The number of fused-ring (bicyclic) bond motifs is 2. The number of carbonyl (C=O) groups excluding carboxylic acids is 4. The molecule has 0 aromatic carbocycles. The van der Waals surface area contributed by atoms with Crippen LogP contribution in [0.25, 0.3) is 0 Å². The van der Waals surface area contributed by atoms with E-state index in [-0.39, 0.29) is 5.78 Å². The quantitative estimate of drug-likeness (QED) is 0.237. The van der Waals surface area contributed by atoms with Gasteiger partial charge < -0.3 is 33.2 Å². The van der Waals surface area contributed by atoms with Crippen molar-refractivity contribution in [3.63, 3.8) is 0 Å². The zero-order valence-electron chi connectivity index (χ0n) is 23.7. The topological polar surface area (TPSA) is 151 Å². The Hall–Kier alpha value is -3.02. The summed E-state index contributed by atoms with van der Waals surface area (Å²) in [4.78, 5) is 51.9. The maximum atomic E-state index is 14.1. The lowest BCUT2D eigenvalue weighted by molar-refractivity contribution is -0.321. The fourth-order valence-corrected chi connectivity index (χ4v) is 7.95. The molecule has 40 heavy (non-hydrogen) atoms. The van der Waals surface area contributed by atoms with E-state index in [4.69, 9.17) is 28.1 Å². The number of Topliss-reactive ketones (excluding diaryl/α,β-unsaturated/α-hetero) is 1. The minimum Gasteiger partial charge on any atom is -0.472 e. The zero-order valence-corrected chi connectivity index (χ0v) is 23.7. The standard InChI is InChI=1S/C29H36O11/c1-15-18-10-12-26(5,21(32)17-11-13-36-14-17)28(23(40-28)24(33)35-7)27(18,6)29(34,38-15)22(37-16(2)30)19-8-9-20(31)39-25(19,3)4/h8-9,11,13-15,18-19,22-23,34H,10,12H2,1-7H3/t15-,18?,19?,22?,23+,26+,27-,28-,29?/m1/s1. The number of ketones is 1. The molecule has 11 heteroatoms. The zero-order chi connectivity index (χ0) is 29.5. The van der Waals surface area contributed by atoms with Crippen LogP contribution in [0.5, 0.6) is 0 Å². The van der Waals surface area contributed by atoms with Gasteiger partial charge in [0, 0.05) is 13.0 Å². The molecule has 1 aliphatic carbocycles. The summed E-state index contributed by atoms with van der Waals surface area (Å²) in [6, 6.07) is 1.54. The highest BCUT2D eigenvalue weighted by Crippen LogP contribution is 2.75. The van der Waals surface area contributed by atoms with Crippen LogP contribution in [0.15, 0.2) is 35.2 Å². The molecular weight excluding hydrogens is 524 g/mol. The molecule has 1 spiro atoms. The van der Waals surface area contributed by atoms with Crippen LogP contribution in [0.4, 0.5) is 0 Å². The highest BCUT2D eigenvalue weighted by molar-refractivity contribution is 6.02. The normalized spacial score (nSPS) is 42.0. The van der Waals surface area contributed by atoms with Crippen LogP contribution in [0, 0.1) is 22.7 Å². The van der Waals surface area contributed by atoms with Crippen molar-refractivity contribution in [3.8, 4) is 0 Å². The van der Waals surface area contributed by atoms with Crippen LogP contribution in [0.3, 0.4) is 0 Å². The first-order valence-corrected chi connectivity index (χ1v) is 13.4. The van der Waals surface area contributed by atoms with Gasteiger partial charge >= 0.3 is 17.9 Å². The number of rotatable bonds is 6. The summed E-state index contributed by atoms with van der Waals surface area (Å²) in [7, 11) is 1.22. The molecule has 1 N–H and O–H groups in total. The number of ether oxygens (including phenoxy) is 5. The number of hydrogen-bond donors (Lipinski definition) is 1. The van der Waals surface area contributed by atoms with Gasteiger partial charge in [-0.2, -0.15) is 0 Å². The van der Waals surface area contributed by atoms with E-state index in [0.717, 1.165) is 0 Å². The molecule has 0 amide bonds. The predicted molar refractivity (Wildman–Crippen MR) is 135 cm³/mol. The first-order chi connectivity index (χ1) is 18.6. The van der Waals surface area contributed by atoms with E-state index < -0.39 is 75.9 Å². The van der Waals surface area contributed by atoms with Crippen LogP contribution < -0.4 is 0 Å². The average Bonchev–Trinajstić information content (AvgIpc) is 3.32. The molecule has 1 aromatic rings. The van der Waals surface area contributed by atoms with Crippen LogP contribution in [-0.4, -0.2) is 71.2 Å². The predicted octanol–water partition coefficient (Wildman–Crippen LogP) is 2.74. The molecular formula is C29H36O11. The van der Waals surface area contributed by atoms with E-state index in [0.29, 0.717) is 18.4 Å². The number of epoxide rings is 1. The lowest BCUT2D eigenvalue weighted by Gasteiger charge is -2.57. The molecule has 3 aliphatic heterocycles. The molecule has 2 saturated heterocycles. The maximum Gasteiger partial charge on any atom is 0.338 e. The molecule has 5 rings (SSSR count). The SMILES string of the molecule is COC(=O)[C@@H]1O[C@@]12[C@](C)(C(=O)c1ccoc1)CCC1[C@@H](C)OC(O)(C(OC(C)=O)C3C=CC(=O)OC3(C)C)[C@]12C. The number of aliphatic hydroxyl groups is 1. The Balaban J connectivity index is 1.73.